The van der Waals surface area contributed by atoms with Gasteiger partial charge in [-0.2, -0.15) is 0 Å². The minimum absolute atomic E-state index is 0.0897. The number of carbonyl (C=O) groups is 2. The smallest absolute Gasteiger partial charge is 0.264 e. The number of sulfonamides is 1. The molecule has 0 aromatic heterocycles. The number of amides is 2. The van der Waals surface area contributed by atoms with Gasteiger partial charge in [-0.15, -0.1) is 0 Å². The Kier molecular flexibility index (Phi) is 9.33. The van der Waals surface area contributed by atoms with Crippen molar-refractivity contribution in [2.75, 3.05) is 10.8 Å². The summed E-state index contributed by atoms with van der Waals surface area (Å²) in [5.74, 6) is -0.749. The Morgan fingerprint density at radius 2 is 1.42 bits per heavy atom. The van der Waals surface area contributed by atoms with E-state index >= 15 is 0 Å². The predicted octanol–water partition coefficient (Wildman–Crippen LogP) is 4.91. The third-order valence-electron chi connectivity index (χ3n) is 6.01. The standard InChI is InChI=1S/C30H37N3O4S/c1-6-27(29(35)31-30(3,4)5)32(21-24-13-9-7-10-14-24)28(34)22-33(25-15-11-8-12-16-25)38(36,37)26-19-17-23(2)18-20-26/h7-20,27H,6,21-22H2,1-5H3,(H,31,35)/t27-/m1/s1. The molecule has 0 bridgehead atoms. The Labute approximate surface area is 226 Å². The molecule has 0 radical (unpaired) electrons. The van der Waals surface area contributed by atoms with Crippen LogP contribution in [0.2, 0.25) is 0 Å². The normalized spacial score (nSPS) is 12.4. The van der Waals surface area contributed by atoms with Crippen molar-refractivity contribution >= 4 is 27.5 Å². The molecule has 0 aliphatic rings. The van der Waals surface area contributed by atoms with E-state index in [-0.39, 0.29) is 17.3 Å². The van der Waals surface area contributed by atoms with Gasteiger partial charge in [0.1, 0.15) is 12.6 Å². The third-order valence-corrected chi connectivity index (χ3v) is 7.80. The third kappa shape index (κ3) is 7.44. The first-order valence-corrected chi connectivity index (χ1v) is 14.2. The molecule has 2 amide bonds. The van der Waals surface area contributed by atoms with Crippen molar-refractivity contribution in [3.8, 4) is 0 Å². The maximum Gasteiger partial charge on any atom is 0.264 e. The van der Waals surface area contributed by atoms with Crippen LogP contribution in [0.25, 0.3) is 0 Å². The maximum atomic E-state index is 14.0. The Morgan fingerprint density at radius 3 is 1.95 bits per heavy atom. The van der Waals surface area contributed by atoms with E-state index in [4.69, 9.17) is 0 Å². The Morgan fingerprint density at radius 1 is 0.868 bits per heavy atom. The molecule has 7 nitrogen and oxygen atoms in total. The molecule has 202 valence electrons. The molecule has 0 aliphatic heterocycles. The van der Waals surface area contributed by atoms with Crippen LogP contribution in [0.3, 0.4) is 0 Å². The molecule has 38 heavy (non-hydrogen) atoms. The molecule has 3 aromatic carbocycles. The first kappa shape index (κ1) is 28.9. The van der Waals surface area contributed by atoms with E-state index in [9.17, 15) is 18.0 Å². The summed E-state index contributed by atoms with van der Waals surface area (Å²) in [6, 6.07) is 23.7. The van der Waals surface area contributed by atoms with Gasteiger partial charge in [-0.3, -0.25) is 13.9 Å². The highest BCUT2D eigenvalue weighted by Crippen LogP contribution is 2.25. The van der Waals surface area contributed by atoms with Crippen molar-refractivity contribution in [3.05, 3.63) is 96.1 Å². The van der Waals surface area contributed by atoms with E-state index < -0.39 is 34.1 Å². The van der Waals surface area contributed by atoms with E-state index in [1.54, 1.807) is 54.6 Å². The molecule has 3 aromatic rings. The van der Waals surface area contributed by atoms with Crippen LogP contribution in [0.1, 0.15) is 45.2 Å². The van der Waals surface area contributed by atoms with Crippen molar-refractivity contribution in [2.45, 2.75) is 64.1 Å². The summed E-state index contributed by atoms with van der Waals surface area (Å²) in [7, 11) is -4.07. The lowest BCUT2D eigenvalue weighted by Crippen LogP contribution is -2.55. The molecule has 1 atom stereocenters. The Bertz CT molecular complexity index is 1320. The van der Waals surface area contributed by atoms with Gasteiger partial charge in [0.05, 0.1) is 10.6 Å². The fourth-order valence-corrected chi connectivity index (χ4v) is 5.53. The van der Waals surface area contributed by atoms with Crippen LogP contribution in [-0.4, -0.2) is 43.3 Å². The van der Waals surface area contributed by atoms with Crippen molar-refractivity contribution in [1.29, 1.82) is 0 Å². The monoisotopic (exact) mass is 535 g/mol. The van der Waals surface area contributed by atoms with Gasteiger partial charge in [-0.1, -0.05) is 73.2 Å². The zero-order chi connectivity index (χ0) is 27.9. The number of nitrogens with one attached hydrogen (secondary N) is 1. The maximum absolute atomic E-state index is 14.0. The predicted molar refractivity (Wildman–Crippen MR) is 151 cm³/mol. The number of nitrogens with zero attached hydrogens (tertiary/aromatic N) is 2. The van der Waals surface area contributed by atoms with Gasteiger partial charge in [0.2, 0.25) is 11.8 Å². The molecule has 0 spiro atoms. The molecule has 0 unspecified atom stereocenters. The lowest BCUT2D eigenvalue weighted by molar-refractivity contribution is -0.141. The number of hydrogen-bond acceptors (Lipinski definition) is 4. The number of carbonyl (C=O) groups excluding carboxylic acids is 2. The van der Waals surface area contributed by atoms with E-state index in [2.05, 4.69) is 5.32 Å². The zero-order valence-corrected chi connectivity index (χ0v) is 23.5. The molecule has 1 N–H and O–H groups in total. The van der Waals surface area contributed by atoms with E-state index in [0.29, 0.717) is 12.1 Å². The van der Waals surface area contributed by atoms with Crippen LogP contribution in [0, 0.1) is 6.92 Å². The van der Waals surface area contributed by atoms with Gasteiger partial charge < -0.3 is 10.2 Å². The summed E-state index contributed by atoms with van der Waals surface area (Å²) in [6.07, 6.45) is 0.372. The van der Waals surface area contributed by atoms with E-state index in [1.165, 1.54) is 4.90 Å². The van der Waals surface area contributed by atoms with Gasteiger partial charge in [0.25, 0.3) is 10.0 Å². The molecule has 3 rings (SSSR count). The minimum atomic E-state index is -4.07. The number of benzene rings is 3. The average molecular weight is 536 g/mol. The fourth-order valence-electron chi connectivity index (χ4n) is 4.11. The number of aryl methyl sites for hydroxylation is 1. The highest BCUT2D eigenvalue weighted by molar-refractivity contribution is 7.92. The van der Waals surface area contributed by atoms with Gasteiger partial charge in [-0.25, -0.2) is 8.42 Å². The zero-order valence-electron chi connectivity index (χ0n) is 22.7. The SMILES string of the molecule is CC[C@H](C(=O)NC(C)(C)C)N(Cc1ccccc1)C(=O)CN(c1ccccc1)S(=O)(=O)c1ccc(C)cc1. The molecule has 0 saturated carbocycles. The fraction of sp³-hybridized carbons (Fsp3) is 0.333. The summed E-state index contributed by atoms with van der Waals surface area (Å²) in [6.45, 7) is 9.08. The van der Waals surface area contributed by atoms with Crippen LogP contribution in [0.15, 0.2) is 89.8 Å². The number of hydrogen-bond donors (Lipinski definition) is 1. The topological polar surface area (TPSA) is 86.8 Å². The van der Waals surface area contributed by atoms with E-state index in [0.717, 1.165) is 15.4 Å². The molecule has 0 heterocycles. The summed E-state index contributed by atoms with van der Waals surface area (Å²) in [5, 5.41) is 2.97. The summed E-state index contributed by atoms with van der Waals surface area (Å²) < 4.78 is 28.7. The molecule has 8 heteroatoms. The van der Waals surface area contributed by atoms with Crippen LogP contribution in [-0.2, 0) is 26.2 Å². The molecule has 0 fully saturated rings. The van der Waals surface area contributed by atoms with Crippen LogP contribution in [0.5, 0.6) is 0 Å². The number of rotatable bonds is 10. The second-order valence-electron chi connectivity index (χ2n) is 10.3. The lowest BCUT2D eigenvalue weighted by Gasteiger charge is -2.34. The van der Waals surface area contributed by atoms with Gasteiger partial charge in [-0.05, 0) is 63.9 Å². The molecular weight excluding hydrogens is 498 g/mol. The number of anilines is 1. The highest BCUT2D eigenvalue weighted by atomic mass is 32.2. The van der Waals surface area contributed by atoms with Gasteiger partial charge in [0.15, 0.2) is 0 Å². The molecular formula is C30H37N3O4S. The quantitative estimate of drug-likeness (QED) is 0.400. The molecule has 0 saturated heterocycles. The number of para-hydroxylation sites is 1. The van der Waals surface area contributed by atoms with Crippen molar-refractivity contribution in [3.63, 3.8) is 0 Å². The Hall–Kier alpha value is -3.65. The average Bonchev–Trinajstić information content (AvgIpc) is 2.87. The highest BCUT2D eigenvalue weighted by Gasteiger charge is 2.34. The summed E-state index contributed by atoms with van der Waals surface area (Å²) in [5.41, 5.74) is 1.65. The lowest BCUT2D eigenvalue weighted by atomic mass is 10.1. The van der Waals surface area contributed by atoms with Crippen molar-refractivity contribution in [1.82, 2.24) is 10.2 Å². The van der Waals surface area contributed by atoms with Crippen LogP contribution < -0.4 is 9.62 Å². The van der Waals surface area contributed by atoms with Crippen LogP contribution in [0.4, 0.5) is 5.69 Å². The van der Waals surface area contributed by atoms with Gasteiger partial charge in [0, 0.05) is 12.1 Å². The van der Waals surface area contributed by atoms with Crippen molar-refractivity contribution < 1.29 is 18.0 Å². The Balaban J connectivity index is 2.03. The first-order chi connectivity index (χ1) is 17.9. The summed E-state index contributed by atoms with van der Waals surface area (Å²) in [4.78, 5) is 28.8. The summed E-state index contributed by atoms with van der Waals surface area (Å²) >= 11 is 0. The largest absolute Gasteiger partial charge is 0.350 e. The molecule has 0 aliphatic carbocycles. The first-order valence-electron chi connectivity index (χ1n) is 12.7. The second kappa shape index (κ2) is 12.3. The van der Waals surface area contributed by atoms with Gasteiger partial charge >= 0.3 is 0 Å². The second-order valence-corrected chi connectivity index (χ2v) is 12.2. The van der Waals surface area contributed by atoms with Crippen molar-refractivity contribution in [2.24, 2.45) is 0 Å². The minimum Gasteiger partial charge on any atom is -0.350 e. The van der Waals surface area contributed by atoms with E-state index in [1.807, 2.05) is 65.0 Å². The van der Waals surface area contributed by atoms with Crippen LogP contribution >= 0.6 is 0 Å².